The van der Waals surface area contributed by atoms with Gasteiger partial charge in [0.15, 0.2) is 0 Å². The van der Waals surface area contributed by atoms with E-state index in [-0.39, 0.29) is 5.75 Å². The number of phenolic OH excluding ortho intramolecular Hbond substituents is 1. The summed E-state index contributed by atoms with van der Waals surface area (Å²) in [4.78, 5) is 22.8. The summed E-state index contributed by atoms with van der Waals surface area (Å²) in [5.74, 6) is -2.20. The first-order chi connectivity index (χ1) is 8.81. The predicted molar refractivity (Wildman–Crippen MR) is 68.1 cm³/mol. The van der Waals surface area contributed by atoms with Crippen molar-refractivity contribution in [3.63, 3.8) is 0 Å². The molecule has 3 N–H and O–H groups in total. The van der Waals surface area contributed by atoms with Crippen LogP contribution in [0.5, 0.6) is 5.75 Å². The SMILES string of the molecule is Cc1ccc(O)c(C(C)N(CC(=O)O)CC(=O)O)c1. The summed E-state index contributed by atoms with van der Waals surface area (Å²) < 4.78 is 0. The molecule has 0 amide bonds. The fraction of sp³-hybridized carbons (Fsp3) is 0.385. The molecule has 0 aliphatic heterocycles. The number of nitrogens with zero attached hydrogens (tertiary/aromatic N) is 1. The maximum absolute atomic E-state index is 10.8. The zero-order valence-electron chi connectivity index (χ0n) is 10.8. The lowest BCUT2D eigenvalue weighted by Crippen LogP contribution is -2.36. The Morgan fingerprint density at radius 2 is 1.74 bits per heavy atom. The van der Waals surface area contributed by atoms with Crippen molar-refractivity contribution in [1.82, 2.24) is 4.90 Å². The molecule has 1 atom stereocenters. The van der Waals surface area contributed by atoms with Crippen LogP contribution >= 0.6 is 0 Å². The molecule has 0 aromatic heterocycles. The van der Waals surface area contributed by atoms with Crippen LogP contribution in [0.4, 0.5) is 0 Å². The maximum atomic E-state index is 10.8. The van der Waals surface area contributed by atoms with Gasteiger partial charge in [0.25, 0.3) is 0 Å². The highest BCUT2D eigenvalue weighted by atomic mass is 16.4. The number of phenols is 1. The summed E-state index contributed by atoms with van der Waals surface area (Å²) in [7, 11) is 0. The molecule has 0 heterocycles. The van der Waals surface area contributed by atoms with E-state index >= 15 is 0 Å². The Hall–Kier alpha value is -2.08. The van der Waals surface area contributed by atoms with Crippen molar-refractivity contribution < 1.29 is 24.9 Å². The van der Waals surface area contributed by atoms with Crippen LogP contribution in [0.2, 0.25) is 0 Å². The van der Waals surface area contributed by atoms with Gasteiger partial charge in [-0.05, 0) is 19.9 Å². The van der Waals surface area contributed by atoms with Crippen molar-refractivity contribution in [2.24, 2.45) is 0 Å². The lowest BCUT2D eigenvalue weighted by atomic mass is 10.0. The van der Waals surface area contributed by atoms with Crippen molar-refractivity contribution in [2.75, 3.05) is 13.1 Å². The van der Waals surface area contributed by atoms with Gasteiger partial charge in [-0.2, -0.15) is 0 Å². The third kappa shape index (κ3) is 4.26. The lowest BCUT2D eigenvalue weighted by molar-refractivity contribution is -0.142. The minimum Gasteiger partial charge on any atom is -0.508 e. The molecule has 0 saturated heterocycles. The molecule has 0 spiro atoms. The van der Waals surface area contributed by atoms with Crippen LogP contribution in [-0.4, -0.2) is 45.2 Å². The normalized spacial score (nSPS) is 12.4. The van der Waals surface area contributed by atoms with Crippen LogP contribution in [0, 0.1) is 6.92 Å². The van der Waals surface area contributed by atoms with E-state index in [0.717, 1.165) is 5.56 Å². The Morgan fingerprint density at radius 3 is 2.21 bits per heavy atom. The first-order valence-corrected chi connectivity index (χ1v) is 5.78. The molecule has 0 radical (unpaired) electrons. The number of rotatable bonds is 6. The molecule has 1 rings (SSSR count). The monoisotopic (exact) mass is 267 g/mol. The highest BCUT2D eigenvalue weighted by Crippen LogP contribution is 2.29. The van der Waals surface area contributed by atoms with Crippen LogP contribution in [-0.2, 0) is 9.59 Å². The Bertz CT molecular complexity index is 470. The van der Waals surface area contributed by atoms with Gasteiger partial charge in [0.1, 0.15) is 5.75 Å². The van der Waals surface area contributed by atoms with Gasteiger partial charge in [-0.3, -0.25) is 14.5 Å². The van der Waals surface area contributed by atoms with E-state index in [4.69, 9.17) is 10.2 Å². The number of hydrogen-bond donors (Lipinski definition) is 3. The quantitative estimate of drug-likeness (QED) is 0.717. The number of aliphatic carboxylic acids is 2. The Balaban J connectivity index is 3.03. The van der Waals surface area contributed by atoms with Crippen molar-refractivity contribution in [2.45, 2.75) is 19.9 Å². The summed E-state index contributed by atoms with van der Waals surface area (Å²) in [6, 6.07) is 4.45. The molecule has 104 valence electrons. The Labute approximate surface area is 110 Å². The second-order valence-corrected chi connectivity index (χ2v) is 4.43. The van der Waals surface area contributed by atoms with Crippen LogP contribution < -0.4 is 0 Å². The number of carbonyl (C=O) groups is 2. The molecule has 6 heteroatoms. The van der Waals surface area contributed by atoms with Gasteiger partial charge in [0.2, 0.25) is 0 Å². The van der Waals surface area contributed by atoms with Crippen LogP contribution in [0.25, 0.3) is 0 Å². The predicted octanol–water partition coefficient (Wildman–Crippen LogP) is 1.23. The van der Waals surface area contributed by atoms with Gasteiger partial charge in [-0.15, -0.1) is 0 Å². The average Bonchev–Trinajstić information content (AvgIpc) is 2.29. The fourth-order valence-corrected chi connectivity index (χ4v) is 1.88. The molecule has 0 bridgehead atoms. The topological polar surface area (TPSA) is 98.1 Å². The first kappa shape index (κ1) is 15.0. The van der Waals surface area contributed by atoms with Crippen molar-refractivity contribution >= 4 is 11.9 Å². The molecular formula is C13H17NO5. The average molecular weight is 267 g/mol. The van der Waals surface area contributed by atoms with Crippen LogP contribution in [0.1, 0.15) is 24.1 Å². The van der Waals surface area contributed by atoms with E-state index in [1.165, 1.54) is 11.0 Å². The molecular weight excluding hydrogens is 250 g/mol. The van der Waals surface area contributed by atoms with Crippen molar-refractivity contribution in [3.05, 3.63) is 29.3 Å². The van der Waals surface area contributed by atoms with Gasteiger partial charge < -0.3 is 15.3 Å². The van der Waals surface area contributed by atoms with Gasteiger partial charge in [0, 0.05) is 11.6 Å². The number of carboxylic acids is 2. The van der Waals surface area contributed by atoms with Gasteiger partial charge in [0.05, 0.1) is 13.1 Å². The summed E-state index contributed by atoms with van der Waals surface area (Å²) in [6.45, 7) is 2.70. The Kier molecular flexibility index (Phi) is 4.88. The largest absolute Gasteiger partial charge is 0.508 e. The second-order valence-electron chi connectivity index (χ2n) is 4.43. The third-order valence-electron chi connectivity index (χ3n) is 2.86. The number of aromatic hydroxyl groups is 1. The fourth-order valence-electron chi connectivity index (χ4n) is 1.88. The second kappa shape index (κ2) is 6.19. The number of carboxylic acid groups (broad SMARTS) is 2. The van der Waals surface area contributed by atoms with E-state index in [2.05, 4.69) is 0 Å². The molecule has 0 aliphatic rings. The van der Waals surface area contributed by atoms with E-state index in [1.54, 1.807) is 19.1 Å². The Morgan fingerprint density at radius 1 is 1.21 bits per heavy atom. The lowest BCUT2D eigenvalue weighted by Gasteiger charge is -2.26. The van der Waals surface area contributed by atoms with Crippen LogP contribution in [0.15, 0.2) is 18.2 Å². The van der Waals surface area contributed by atoms with E-state index < -0.39 is 31.1 Å². The van der Waals surface area contributed by atoms with Crippen molar-refractivity contribution in [3.8, 4) is 5.75 Å². The molecule has 1 aromatic rings. The molecule has 6 nitrogen and oxygen atoms in total. The third-order valence-corrected chi connectivity index (χ3v) is 2.86. The molecule has 0 saturated carbocycles. The number of aryl methyl sites for hydroxylation is 1. The van der Waals surface area contributed by atoms with Gasteiger partial charge in [-0.1, -0.05) is 17.7 Å². The number of benzene rings is 1. The van der Waals surface area contributed by atoms with E-state index in [0.29, 0.717) is 5.56 Å². The molecule has 0 fully saturated rings. The zero-order chi connectivity index (χ0) is 14.6. The summed E-state index contributed by atoms with van der Waals surface area (Å²) in [5.41, 5.74) is 1.42. The molecule has 19 heavy (non-hydrogen) atoms. The highest BCUT2D eigenvalue weighted by molar-refractivity contribution is 5.72. The van der Waals surface area contributed by atoms with Gasteiger partial charge in [-0.25, -0.2) is 0 Å². The minimum atomic E-state index is -1.11. The first-order valence-electron chi connectivity index (χ1n) is 5.78. The molecule has 0 aliphatic carbocycles. The molecule has 1 unspecified atom stereocenters. The summed E-state index contributed by atoms with van der Waals surface area (Å²) in [5, 5.41) is 27.4. The van der Waals surface area contributed by atoms with E-state index in [1.807, 2.05) is 6.92 Å². The van der Waals surface area contributed by atoms with E-state index in [9.17, 15) is 14.7 Å². The standard InChI is InChI=1S/C13H17NO5/c1-8-3-4-11(15)10(5-8)9(2)14(6-12(16)17)7-13(18)19/h3-5,9,15H,6-7H2,1-2H3,(H,16,17)(H,18,19). The number of hydrogen-bond acceptors (Lipinski definition) is 4. The summed E-state index contributed by atoms with van der Waals surface area (Å²) >= 11 is 0. The summed E-state index contributed by atoms with van der Waals surface area (Å²) in [6.07, 6.45) is 0. The smallest absolute Gasteiger partial charge is 0.317 e. The zero-order valence-corrected chi connectivity index (χ0v) is 10.8. The van der Waals surface area contributed by atoms with Crippen molar-refractivity contribution in [1.29, 1.82) is 0 Å². The molecule has 1 aromatic carbocycles. The maximum Gasteiger partial charge on any atom is 0.317 e. The van der Waals surface area contributed by atoms with Gasteiger partial charge >= 0.3 is 11.9 Å². The minimum absolute atomic E-state index is 0.0267. The van der Waals surface area contributed by atoms with Crippen LogP contribution in [0.3, 0.4) is 0 Å². The highest BCUT2D eigenvalue weighted by Gasteiger charge is 2.23.